The topological polar surface area (TPSA) is 74.2 Å². The van der Waals surface area contributed by atoms with Gasteiger partial charge in [-0.1, -0.05) is 0 Å². The smallest absolute Gasteiger partial charge is 0.322 e. The second kappa shape index (κ2) is 4.85. The number of pyridine rings is 1. The molecule has 0 atom stereocenters. The van der Waals surface area contributed by atoms with Gasteiger partial charge in [0.1, 0.15) is 6.54 Å². The second-order valence-corrected chi connectivity index (χ2v) is 2.78. The van der Waals surface area contributed by atoms with Crippen molar-refractivity contribution >= 4 is 40.3 Å². The van der Waals surface area contributed by atoms with E-state index in [9.17, 15) is 4.79 Å². The Morgan fingerprint density at radius 2 is 2.46 bits per heavy atom. The van der Waals surface area contributed by atoms with Gasteiger partial charge in [0.05, 0.1) is 28.6 Å². The van der Waals surface area contributed by atoms with Gasteiger partial charge in [-0.05, 0) is 12.1 Å². The molecule has 0 unspecified atom stereocenters. The average Bonchev–Trinajstić information content (AvgIpc) is 2.15. The third-order valence-corrected chi connectivity index (χ3v) is 1.90. The molecule has 0 saturated carbocycles. The number of hydrogen-bond donors (Lipinski definition) is 3. The molecule has 6 heteroatoms. The number of carboxylic acid groups (broad SMARTS) is 1. The molecule has 1 aromatic heterocycles. The van der Waals surface area contributed by atoms with Gasteiger partial charge in [0.2, 0.25) is 0 Å². The monoisotopic (exact) mass is 293 g/mol. The minimum absolute atomic E-state index is 0.137. The Kier molecular flexibility index (Phi) is 3.74. The number of rotatable bonds is 4. The molecule has 70 valence electrons. The molecule has 1 aromatic rings. The van der Waals surface area contributed by atoms with Gasteiger partial charge in [-0.25, -0.2) is 4.98 Å². The lowest BCUT2D eigenvalue weighted by atomic mass is 10.4. The van der Waals surface area contributed by atoms with E-state index in [1.807, 2.05) is 28.9 Å². The molecule has 0 aliphatic rings. The van der Waals surface area contributed by atoms with E-state index in [4.69, 9.17) is 5.11 Å². The Bertz CT molecular complexity index is 306. The summed E-state index contributed by atoms with van der Waals surface area (Å²) in [5, 5.41) is 11.1. The van der Waals surface area contributed by atoms with E-state index in [2.05, 4.69) is 13.8 Å². The number of carbonyl (C=O) groups is 1. The average molecular weight is 293 g/mol. The van der Waals surface area contributed by atoms with E-state index < -0.39 is 5.97 Å². The number of hydrogen-bond acceptors (Lipinski definition) is 4. The Labute approximate surface area is 89.1 Å². The van der Waals surface area contributed by atoms with Crippen molar-refractivity contribution in [2.75, 3.05) is 15.4 Å². The minimum Gasteiger partial charge on any atom is -0.480 e. The fourth-order valence-electron chi connectivity index (χ4n) is 0.782. The number of carboxylic acids is 1. The fraction of sp³-hybridized carbons (Fsp3) is 0.143. The molecule has 5 nitrogen and oxygen atoms in total. The number of aromatic nitrogens is 1. The Morgan fingerprint density at radius 3 is 3.08 bits per heavy atom. The highest BCUT2D eigenvalue weighted by molar-refractivity contribution is 14.1. The van der Waals surface area contributed by atoms with E-state index in [0.29, 0.717) is 5.82 Å². The third kappa shape index (κ3) is 3.05. The molecule has 1 heterocycles. The summed E-state index contributed by atoms with van der Waals surface area (Å²) >= 11 is 1.96. The zero-order chi connectivity index (χ0) is 9.68. The molecule has 3 N–H and O–H groups in total. The highest BCUT2D eigenvalue weighted by Gasteiger charge is 2.02. The van der Waals surface area contributed by atoms with Crippen molar-refractivity contribution in [3.8, 4) is 0 Å². The maximum absolute atomic E-state index is 10.3. The van der Waals surface area contributed by atoms with Crippen LogP contribution in [0.4, 0.5) is 11.5 Å². The van der Waals surface area contributed by atoms with Crippen LogP contribution in [0.3, 0.4) is 0 Å². The zero-order valence-electron chi connectivity index (χ0n) is 6.62. The second-order valence-electron chi connectivity index (χ2n) is 2.24. The Morgan fingerprint density at radius 1 is 1.69 bits per heavy atom. The van der Waals surface area contributed by atoms with Gasteiger partial charge < -0.3 is 14.0 Å². The highest BCUT2D eigenvalue weighted by atomic mass is 127. The van der Waals surface area contributed by atoms with Gasteiger partial charge in [-0.15, -0.1) is 0 Å². The lowest BCUT2D eigenvalue weighted by Gasteiger charge is -2.06. The van der Waals surface area contributed by atoms with Crippen molar-refractivity contribution in [3.63, 3.8) is 0 Å². The predicted octanol–water partition coefficient (Wildman–Crippen LogP) is 1.34. The van der Waals surface area contributed by atoms with Crippen molar-refractivity contribution in [2.45, 2.75) is 0 Å². The number of anilines is 2. The largest absolute Gasteiger partial charge is 0.480 e. The normalized spacial score (nSPS) is 9.31. The third-order valence-electron chi connectivity index (χ3n) is 1.32. The molecule has 0 aromatic carbocycles. The summed E-state index contributed by atoms with van der Waals surface area (Å²) in [6.45, 7) is -0.137. The first-order valence-electron chi connectivity index (χ1n) is 3.51. The van der Waals surface area contributed by atoms with E-state index in [0.717, 1.165) is 5.69 Å². The van der Waals surface area contributed by atoms with Gasteiger partial charge in [0, 0.05) is 6.20 Å². The van der Waals surface area contributed by atoms with Crippen LogP contribution in [-0.2, 0) is 4.79 Å². The molecule has 0 saturated heterocycles. The van der Waals surface area contributed by atoms with Crippen LogP contribution in [0.25, 0.3) is 0 Å². The molecule has 13 heavy (non-hydrogen) atoms. The summed E-state index contributed by atoms with van der Waals surface area (Å²) in [5.41, 5.74) is 0.768. The van der Waals surface area contributed by atoms with Crippen LogP contribution in [0.15, 0.2) is 18.3 Å². The van der Waals surface area contributed by atoms with Crippen LogP contribution < -0.4 is 8.85 Å². The van der Waals surface area contributed by atoms with Crippen LogP contribution in [0.2, 0.25) is 0 Å². The number of aliphatic carboxylic acids is 1. The van der Waals surface area contributed by atoms with Crippen molar-refractivity contribution in [3.05, 3.63) is 18.3 Å². The van der Waals surface area contributed by atoms with Gasteiger partial charge in [-0.2, -0.15) is 0 Å². The fourth-order valence-corrected chi connectivity index (χ4v) is 1.22. The first-order chi connectivity index (χ1) is 6.24. The van der Waals surface area contributed by atoms with Crippen molar-refractivity contribution < 1.29 is 9.90 Å². The van der Waals surface area contributed by atoms with Gasteiger partial charge in [0.15, 0.2) is 5.82 Å². The van der Waals surface area contributed by atoms with Gasteiger partial charge >= 0.3 is 5.97 Å². The van der Waals surface area contributed by atoms with E-state index in [1.54, 1.807) is 12.3 Å². The van der Waals surface area contributed by atoms with Crippen molar-refractivity contribution in [2.24, 2.45) is 0 Å². The van der Waals surface area contributed by atoms with E-state index in [-0.39, 0.29) is 6.54 Å². The molecular formula is C7H8IN3O2. The van der Waals surface area contributed by atoms with Crippen LogP contribution in [0.1, 0.15) is 0 Å². The summed E-state index contributed by atoms with van der Waals surface area (Å²) in [5.74, 6) is -0.371. The maximum Gasteiger partial charge on any atom is 0.322 e. The first-order valence-corrected chi connectivity index (χ1v) is 4.59. The molecule has 0 bridgehead atoms. The SMILES string of the molecule is O=C(O)CNc1ncccc1NI. The molecule has 0 aliphatic carbocycles. The highest BCUT2D eigenvalue weighted by Crippen LogP contribution is 2.18. The summed E-state index contributed by atoms with van der Waals surface area (Å²) in [6, 6.07) is 3.58. The Balaban J connectivity index is 2.69. The number of nitrogens with zero attached hydrogens (tertiary/aromatic N) is 1. The van der Waals surface area contributed by atoms with Gasteiger partial charge in [-0.3, -0.25) is 4.79 Å². The van der Waals surface area contributed by atoms with Crippen LogP contribution in [-0.4, -0.2) is 22.6 Å². The van der Waals surface area contributed by atoms with Crippen molar-refractivity contribution in [1.82, 2.24) is 4.98 Å². The first kappa shape index (κ1) is 10.0. The van der Waals surface area contributed by atoms with Crippen molar-refractivity contribution in [1.29, 1.82) is 0 Å². The number of halogens is 1. The van der Waals surface area contributed by atoms with E-state index >= 15 is 0 Å². The zero-order valence-corrected chi connectivity index (χ0v) is 8.78. The lowest BCUT2D eigenvalue weighted by molar-refractivity contribution is -0.134. The molecule has 0 spiro atoms. The predicted molar refractivity (Wildman–Crippen MR) is 58.0 cm³/mol. The summed E-state index contributed by atoms with van der Waals surface area (Å²) in [6.07, 6.45) is 1.60. The molecule has 0 radical (unpaired) electrons. The summed E-state index contributed by atoms with van der Waals surface area (Å²) in [7, 11) is 0. The number of nitrogens with one attached hydrogen (secondary N) is 2. The van der Waals surface area contributed by atoms with Gasteiger partial charge in [0.25, 0.3) is 0 Å². The lowest BCUT2D eigenvalue weighted by Crippen LogP contribution is -2.13. The summed E-state index contributed by atoms with van der Waals surface area (Å²) < 4.78 is 2.87. The maximum atomic E-state index is 10.3. The summed E-state index contributed by atoms with van der Waals surface area (Å²) in [4.78, 5) is 14.2. The molecule has 0 aliphatic heterocycles. The minimum atomic E-state index is -0.912. The molecular weight excluding hydrogens is 285 g/mol. The standard InChI is InChI=1S/C7H8IN3O2/c8-11-5-2-1-3-9-7(5)10-4-6(12)13/h1-3,11H,4H2,(H,9,10)(H,12,13). The molecule has 1 rings (SSSR count). The van der Waals surface area contributed by atoms with Crippen LogP contribution in [0, 0.1) is 0 Å². The van der Waals surface area contributed by atoms with Crippen LogP contribution in [0.5, 0.6) is 0 Å². The Hall–Kier alpha value is -1.05. The molecule has 0 amide bonds. The van der Waals surface area contributed by atoms with E-state index in [1.165, 1.54) is 0 Å². The molecule has 0 fully saturated rings. The van der Waals surface area contributed by atoms with Crippen LogP contribution >= 0.6 is 22.9 Å². The quantitative estimate of drug-likeness (QED) is 0.577.